The van der Waals surface area contributed by atoms with Gasteiger partial charge in [-0.2, -0.15) is 0 Å². The van der Waals surface area contributed by atoms with Crippen molar-refractivity contribution < 1.29 is 14.0 Å². The van der Waals surface area contributed by atoms with Crippen LogP contribution in [0, 0.1) is 5.82 Å². The van der Waals surface area contributed by atoms with E-state index in [-0.39, 0.29) is 43.4 Å². The van der Waals surface area contributed by atoms with Crippen LogP contribution in [0.1, 0.15) is 61.4 Å². The quantitative estimate of drug-likeness (QED) is 0.429. The van der Waals surface area contributed by atoms with Gasteiger partial charge in [0, 0.05) is 31.0 Å². The Morgan fingerprint density at radius 3 is 2.44 bits per heavy atom. The van der Waals surface area contributed by atoms with Crippen LogP contribution >= 0.6 is 0 Å². The number of nitrogens with zero attached hydrogens (tertiary/aromatic N) is 4. The van der Waals surface area contributed by atoms with Crippen molar-refractivity contribution in [2.24, 2.45) is 0 Å². The summed E-state index contributed by atoms with van der Waals surface area (Å²) in [5.41, 5.74) is 3.38. The third-order valence-electron chi connectivity index (χ3n) is 6.81. The van der Waals surface area contributed by atoms with Gasteiger partial charge in [0.2, 0.25) is 5.91 Å². The topological polar surface area (TPSA) is 66.4 Å². The molecule has 7 heteroatoms. The average Bonchev–Trinajstić information content (AvgIpc) is 3.35. The van der Waals surface area contributed by atoms with Gasteiger partial charge in [-0.05, 0) is 68.5 Å². The molecule has 1 saturated heterocycles. The Morgan fingerprint density at radius 2 is 1.75 bits per heavy atom. The van der Waals surface area contributed by atoms with Crippen molar-refractivity contribution in [3.63, 3.8) is 0 Å². The van der Waals surface area contributed by atoms with Crippen molar-refractivity contribution in [2.45, 2.75) is 65.5 Å². The highest BCUT2D eigenvalue weighted by atomic mass is 19.1. The number of Topliss-reactive ketones (excluding diaryl/α,β-unsaturated/α-hetero) is 1. The maximum Gasteiger partial charge on any atom is 0.250 e. The standard InChI is InChI=1S/C28H29FN4O2.CH4/c1-18(2)33-24-17-30-26(31-27(24)32-15-3-4-23(32)28(33)35)14-9-19-5-7-20(8-6-19)16-25(34)21-10-12-22(29)13-11-21;/h5-8,10-13,17-18,23H,3-4,9,14-16H2,1-2H3;1H4/t23-;/m0./s1. The minimum absolute atomic E-state index is 0. The number of amides is 1. The molecule has 0 bridgehead atoms. The van der Waals surface area contributed by atoms with Crippen LogP contribution in [0.15, 0.2) is 54.7 Å². The van der Waals surface area contributed by atoms with E-state index in [0.29, 0.717) is 12.0 Å². The first-order valence-electron chi connectivity index (χ1n) is 12.2. The molecule has 1 atom stereocenters. The van der Waals surface area contributed by atoms with Crippen LogP contribution in [0.4, 0.5) is 15.9 Å². The number of carbonyl (C=O) groups excluding carboxylic acids is 2. The Bertz CT molecular complexity index is 1240. The molecular formula is C29H33FN4O2. The Labute approximate surface area is 212 Å². The van der Waals surface area contributed by atoms with Crippen LogP contribution in [-0.2, 0) is 24.1 Å². The van der Waals surface area contributed by atoms with E-state index < -0.39 is 0 Å². The summed E-state index contributed by atoms with van der Waals surface area (Å²) >= 11 is 0. The number of halogens is 1. The predicted molar refractivity (Wildman–Crippen MR) is 140 cm³/mol. The minimum Gasteiger partial charge on any atom is -0.343 e. The fourth-order valence-electron chi connectivity index (χ4n) is 5.00. The smallest absolute Gasteiger partial charge is 0.250 e. The van der Waals surface area contributed by atoms with Gasteiger partial charge in [0.1, 0.15) is 23.4 Å². The van der Waals surface area contributed by atoms with E-state index in [2.05, 4.69) is 9.88 Å². The molecule has 2 aliphatic heterocycles. The number of carbonyl (C=O) groups is 2. The van der Waals surface area contributed by atoms with E-state index in [0.717, 1.165) is 54.3 Å². The largest absolute Gasteiger partial charge is 0.343 e. The average molecular weight is 489 g/mol. The Hall–Kier alpha value is -3.61. The van der Waals surface area contributed by atoms with E-state index in [1.165, 1.54) is 24.3 Å². The number of hydrogen-bond donors (Lipinski definition) is 0. The summed E-state index contributed by atoms with van der Waals surface area (Å²) in [6.07, 6.45) is 5.42. The number of rotatable bonds is 7. The number of aromatic nitrogens is 2. The van der Waals surface area contributed by atoms with Gasteiger partial charge in [0.15, 0.2) is 11.6 Å². The second kappa shape index (κ2) is 10.6. The molecule has 188 valence electrons. The zero-order chi connectivity index (χ0) is 24.5. The number of aryl methyl sites for hydroxylation is 2. The molecule has 2 aromatic carbocycles. The molecule has 0 spiro atoms. The van der Waals surface area contributed by atoms with Crippen LogP contribution < -0.4 is 9.80 Å². The maximum atomic E-state index is 13.1. The lowest BCUT2D eigenvalue weighted by molar-refractivity contribution is -0.120. The summed E-state index contributed by atoms with van der Waals surface area (Å²) in [6.45, 7) is 4.90. The first kappa shape index (κ1) is 25.5. The van der Waals surface area contributed by atoms with Crippen LogP contribution in [0.3, 0.4) is 0 Å². The second-order valence-corrected chi connectivity index (χ2v) is 9.57. The molecule has 1 fully saturated rings. The number of benzene rings is 2. The Kier molecular flexibility index (Phi) is 7.48. The molecule has 0 aliphatic carbocycles. The molecule has 1 aromatic heterocycles. The van der Waals surface area contributed by atoms with Crippen LogP contribution in [0.25, 0.3) is 0 Å². The highest BCUT2D eigenvalue weighted by molar-refractivity contribution is 6.05. The van der Waals surface area contributed by atoms with E-state index in [1.807, 2.05) is 43.0 Å². The van der Waals surface area contributed by atoms with Gasteiger partial charge in [-0.3, -0.25) is 9.59 Å². The third kappa shape index (κ3) is 5.01. The van der Waals surface area contributed by atoms with Crippen LogP contribution in [0.5, 0.6) is 0 Å². The lowest BCUT2D eigenvalue weighted by Crippen LogP contribution is -2.53. The summed E-state index contributed by atoms with van der Waals surface area (Å²) in [7, 11) is 0. The monoisotopic (exact) mass is 488 g/mol. The van der Waals surface area contributed by atoms with Gasteiger partial charge in [-0.1, -0.05) is 31.7 Å². The maximum absolute atomic E-state index is 13.1. The first-order chi connectivity index (χ1) is 16.9. The van der Waals surface area contributed by atoms with Gasteiger partial charge in [0.05, 0.1) is 6.20 Å². The first-order valence-corrected chi connectivity index (χ1v) is 12.2. The second-order valence-electron chi connectivity index (χ2n) is 9.57. The van der Waals surface area contributed by atoms with Crippen LogP contribution in [-0.4, -0.2) is 40.3 Å². The van der Waals surface area contributed by atoms with Gasteiger partial charge in [-0.25, -0.2) is 14.4 Å². The fraction of sp³-hybridized carbons (Fsp3) is 0.379. The van der Waals surface area contributed by atoms with E-state index in [1.54, 1.807) is 6.20 Å². The zero-order valence-corrected chi connectivity index (χ0v) is 20.1. The van der Waals surface area contributed by atoms with Crippen LogP contribution in [0.2, 0.25) is 0 Å². The molecular weight excluding hydrogens is 455 g/mol. The van der Waals surface area contributed by atoms with E-state index in [9.17, 15) is 14.0 Å². The van der Waals surface area contributed by atoms with Crippen molar-refractivity contribution in [1.29, 1.82) is 0 Å². The lowest BCUT2D eigenvalue weighted by atomic mass is 10.0. The number of anilines is 2. The summed E-state index contributed by atoms with van der Waals surface area (Å²) in [4.78, 5) is 38.9. The van der Waals surface area contributed by atoms with E-state index in [4.69, 9.17) is 4.98 Å². The summed E-state index contributed by atoms with van der Waals surface area (Å²) in [6, 6.07) is 13.6. The van der Waals surface area contributed by atoms with Crippen molar-refractivity contribution in [3.05, 3.63) is 83.1 Å². The number of fused-ring (bicyclic) bond motifs is 3. The Morgan fingerprint density at radius 1 is 1.06 bits per heavy atom. The van der Waals surface area contributed by atoms with E-state index >= 15 is 0 Å². The zero-order valence-electron chi connectivity index (χ0n) is 20.1. The fourth-order valence-corrected chi connectivity index (χ4v) is 5.00. The Balaban J connectivity index is 0.00000304. The molecule has 1 amide bonds. The number of ketones is 1. The third-order valence-corrected chi connectivity index (χ3v) is 6.81. The molecule has 6 nitrogen and oxygen atoms in total. The van der Waals surface area contributed by atoms with Crippen molar-refractivity contribution in [1.82, 2.24) is 9.97 Å². The molecule has 0 saturated carbocycles. The molecule has 2 aliphatic rings. The SMILES string of the molecule is C.CC(C)N1C(=O)[C@@H]2CCCN2c2nc(CCc3ccc(CC(=O)c4ccc(F)cc4)cc3)ncc21. The van der Waals surface area contributed by atoms with Crippen molar-refractivity contribution in [3.8, 4) is 0 Å². The van der Waals surface area contributed by atoms with Crippen molar-refractivity contribution >= 4 is 23.2 Å². The molecule has 3 heterocycles. The normalized spacial score (nSPS) is 16.6. The van der Waals surface area contributed by atoms with Gasteiger partial charge >= 0.3 is 0 Å². The highest BCUT2D eigenvalue weighted by Crippen LogP contribution is 2.39. The van der Waals surface area contributed by atoms with Gasteiger partial charge < -0.3 is 9.80 Å². The highest BCUT2D eigenvalue weighted by Gasteiger charge is 2.42. The van der Waals surface area contributed by atoms with Crippen molar-refractivity contribution in [2.75, 3.05) is 16.3 Å². The van der Waals surface area contributed by atoms with Gasteiger partial charge in [-0.15, -0.1) is 0 Å². The lowest BCUT2D eigenvalue weighted by Gasteiger charge is -2.40. The molecule has 36 heavy (non-hydrogen) atoms. The predicted octanol–water partition coefficient (Wildman–Crippen LogP) is 5.19. The molecule has 3 aromatic rings. The molecule has 0 N–H and O–H groups in total. The number of hydrogen-bond acceptors (Lipinski definition) is 5. The summed E-state index contributed by atoms with van der Waals surface area (Å²) < 4.78 is 13.1. The minimum atomic E-state index is -0.347. The van der Waals surface area contributed by atoms with Gasteiger partial charge in [0.25, 0.3) is 0 Å². The summed E-state index contributed by atoms with van der Waals surface area (Å²) in [5, 5.41) is 0. The molecule has 5 rings (SSSR count). The molecule has 0 unspecified atom stereocenters. The summed E-state index contributed by atoms with van der Waals surface area (Å²) in [5.74, 6) is 1.41. The molecule has 0 radical (unpaired) electrons.